The molecule has 0 N–H and O–H groups in total. The van der Waals surface area contributed by atoms with Gasteiger partial charge in [0.2, 0.25) is 10.0 Å². The molecule has 1 aliphatic rings. The molecular weight excluding hydrogens is 392 g/mol. The van der Waals surface area contributed by atoms with Crippen LogP contribution in [0.15, 0.2) is 40.6 Å². The van der Waals surface area contributed by atoms with Gasteiger partial charge in [0, 0.05) is 31.6 Å². The van der Waals surface area contributed by atoms with Crippen LogP contribution in [0.3, 0.4) is 0 Å². The molecule has 0 aliphatic carbocycles. The van der Waals surface area contributed by atoms with Crippen molar-refractivity contribution in [2.75, 3.05) is 20.6 Å². The minimum Gasteiger partial charge on any atom is -0.327 e. The van der Waals surface area contributed by atoms with Crippen LogP contribution in [-0.4, -0.2) is 47.8 Å². The number of fused-ring (bicyclic) bond motifs is 1. The summed E-state index contributed by atoms with van der Waals surface area (Å²) in [7, 11) is -0.366. The van der Waals surface area contributed by atoms with Crippen LogP contribution in [-0.2, 0) is 23.1 Å². The fraction of sp³-hybridized carbons (Fsp3) is 0.450. The normalized spacial score (nSPS) is 18.5. The second-order valence-electron chi connectivity index (χ2n) is 7.35. The summed E-state index contributed by atoms with van der Waals surface area (Å²) < 4.78 is 28.4. The van der Waals surface area contributed by atoms with Gasteiger partial charge >= 0.3 is 0 Å². The van der Waals surface area contributed by atoms with Crippen LogP contribution in [0.25, 0.3) is 11.0 Å². The molecule has 0 spiro atoms. The molecule has 1 atom stereocenters. The zero-order valence-corrected chi connectivity index (χ0v) is 18.1. The van der Waals surface area contributed by atoms with Gasteiger partial charge in [-0.05, 0) is 56.0 Å². The molecule has 1 fully saturated rings. The van der Waals surface area contributed by atoms with Crippen molar-refractivity contribution < 1.29 is 8.42 Å². The van der Waals surface area contributed by atoms with Crippen molar-refractivity contribution in [3.63, 3.8) is 0 Å². The summed E-state index contributed by atoms with van der Waals surface area (Å²) in [5, 5.41) is 2.14. The maximum absolute atomic E-state index is 12.5. The van der Waals surface area contributed by atoms with Crippen molar-refractivity contribution in [3.05, 3.63) is 46.4 Å². The first kappa shape index (κ1) is 19.6. The zero-order chi connectivity index (χ0) is 19.9. The molecule has 0 saturated carbocycles. The molecule has 1 unspecified atom stereocenters. The van der Waals surface area contributed by atoms with Gasteiger partial charge in [0.05, 0.1) is 22.5 Å². The number of thiophene rings is 1. The Morgan fingerprint density at radius 3 is 2.79 bits per heavy atom. The number of hydrogen-bond donors (Lipinski definition) is 0. The van der Waals surface area contributed by atoms with E-state index in [0.29, 0.717) is 6.04 Å². The number of sulfonamides is 1. The van der Waals surface area contributed by atoms with Crippen molar-refractivity contribution in [2.45, 2.75) is 43.8 Å². The molecular formula is C20H26N4O2S2. The van der Waals surface area contributed by atoms with E-state index in [-0.39, 0.29) is 4.90 Å². The van der Waals surface area contributed by atoms with Crippen LogP contribution in [0.1, 0.15) is 36.5 Å². The highest BCUT2D eigenvalue weighted by atomic mass is 32.2. The number of nitrogens with zero attached hydrogens (tertiary/aromatic N) is 4. The van der Waals surface area contributed by atoms with Crippen LogP contribution in [0.4, 0.5) is 0 Å². The molecule has 1 aliphatic heterocycles. The van der Waals surface area contributed by atoms with Gasteiger partial charge in [0.1, 0.15) is 5.82 Å². The molecule has 8 heteroatoms. The largest absolute Gasteiger partial charge is 0.327 e. The van der Waals surface area contributed by atoms with Gasteiger partial charge in [-0.2, -0.15) is 0 Å². The van der Waals surface area contributed by atoms with E-state index in [4.69, 9.17) is 4.98 Å². The maximum Gasteiger partial charge on any atom is 0.242 e. The Morgan fingerprint density at radius 1 is 1.29 bits per heavy atom. The van der Waals surface area contributed by atoms with Gasteiger partial charge in [-0.1, -0.05) is 6.07 Å². The lowest BCUT2D eigenvalue weighted by Gasteiger charge is -2.23. The Morgan fingerprint density at radius 2 is 2.11 bits per heavy atom. The first-order valence-electron chi connectivity index (χ1n) is 9.61. The van der Waals surface area contributed by atoms with Crippen molar-refractivity contribution in [1.82, 2.24) is 18.8 Å². The Balaban J connectivity index is 1.69. The Labute approximate surface area is 170 Å². The number of aromatic nitrogens is 2. The van der Waals surface area contributed by atoms with E-state index in [9.17, 15) is 8.42 Å². The number of benzene rings is 1. The third-order valence-electron chi connectivity index (χ3n) is 5.47. The molecule has 6 nitrogen and oxygen atoms in total. The van der Waals surface area contributed by atoms with Crippen molar-refractivity contribution in [2.24, 2.45) is 0 Å². The highest BCUT2D eigenvalue weighted by molar-refractivity contribution is 7.89. The molecule has 150 valence electrons. The van der Waals surface area contributed by atoms with Crippen molar-refractivity contribution in [3.8, 4) is 0 Å². The first-order valence-corrected chi connectivity index (χ1v) is 11.9. The maximum atomic E-state index is 12.5. The molecule has 1 aromatic carbocycles. The smallest absolute Gasteiger partial charge is 0.242 e. The number of imidazole rings is 1. The van der Waals surface area contributed by atoms with E-state index in [1.54, 1.807) is 26.2 Å². The standard InChI is InChI=1S/C20H26N4O2S2/c1-4-24-17-10-9-15(28(25,26)22(2)3)13-16(17)21-20(24)14-23-11-5-7-18(23)19-8-6-12-27-19/h6,8-10,12-13,18H,4-5,7,11,14H2,1-3H3. The second-order valence-corrected chi connectivity index (χ2v) is 10.5. The molecule has 3 heterocycles. The molecule has 2 aromatic heterocycles. The monoisotopic (exact) mass is 418 g/mol. The summed E-state index contributed by atoms with van der Waals surface area (Å²) >= 11 is 1.82. The average Bonchev–Trinajstić information content (AvgIpc) is 3.40. The quantitative estimate of drug-likeness (QED) is 0.612. The minimum absolute atomic E-state index is 0.287. The number of likely N-dealkylation sites (tertiary alicyclic amines) is 1. The third-order valence-corrected chi connectivity index (χ3v) is 8.26. The lowest BCUT2D eigenvalue weighted by Crippen LogP contribution is -2.24. The SMILES string of the molecule is CCn1c(CN2CCCC2c2cccs2)nc2cc(S(=O)(=O)N(C)C)ccc21. The van der Waals surface area contributed by atoms with E-state index < -0.39 is 10.0 Å². The first-order chi connectivity index (χ1) is 13.4. The van der Waals surface area contributed by atoms with E-state index in [1.165, 1.54) is 22.0 Å². The number of aryl methyl sites for hydroxylation is 1. The Hall–Kier alpha value is -1.74. The van der Waals surface area contributed by atoms with Crippen LogP contribution in [0.5, 0.6) is 0 Å². The Kier molecular flexibility index (Phi) is 5.30. The van der Waals surface area contributed by atoms with Crippen LogP contribution in [0, 0.1) is 0 Å². The van der Waals surface area contributed by atoms with E-state index in [1.807, 2.05) is 17.4 Å². The van der Waals surface area contributed by atoms with E-state index in [2.05, 4.69) is 33.9 Å². The third kappa shape index (κ3) is 3.39. The van der Waals surface area contributed by atoms with Gasteiger partial charge < -0.3 is 4.57 Å². The van der Waals surface area contributed by atoms with E-state index >= 15 is 0 Å². The van der Waals surface area contributed by atoms with Gasteiger partial charge in [-0.15, -0.1) is 11.3 Å². The second kappa shape index (κ2) is 7.59. The summed E-state index contributed by atoms with van der Waals surface area (Å²) in [4.78, 5) is 9.03. The van der Waals surface area contributed by atoms with E-state index in [0.717, 1.165) is 36.5 Å². The van der Waals surface area contributed by atoms with Crippen LogP contribution < -0.4 is 0 Å². The fourth-order valence-corrected chi connectivity index (χ4v) is 5.82. The topological polar surface area (TPSA) is 58.4 Å². The van der Waals surface area contributed by atoms with Crippen LogP contribution >= 0.6 is 11.3 Å². The molecule has 28 heavy (non-hydrogen) atoms. The molecule has 3 aromatic rings. The number of rotatable bonds is 6. The summed E-state index contributed by atoms with van der Waals surface area (Å²) in [6, 6.07) is 10.0. The fourth-order valence-electron chi connectivity index (χ4n) is 4.00. The van der Waals surface area contributed by atoms with Gasteiger partial charge in [-0.25, -0.2) is 17.7 Å². The predicted molar refractivity (Wildman–Crippen MR) is 113 cm³/mol. The van der Waals surface area contributed by atoms with Crippen molar-refractivity contribution in [1.29, 1.82) is 0 Å². The average molecular weight is 419 g/mol. The van der Waals surface area contributed by atoms with Crippen molar-refractivity contribution >= 4 is 32.4 Å². The van der Waals surface area contributed by atoms with Gasteiger partial charge in [-0.3, -0.25) is 4.90 Å². The molecule has 0 radical (unpaired) electrons. The highest BCUT2D eigenvalue weighted by Gasteiger charge is 2.28. The zero-order valence-electron chi connectivity index (χ0n) is 16.5. The van der Waals surface area contributed by atoms with Gasteiger partial charge in [0.15, 0.2) is 0 Å². The lowest BCUT2D eigenvalue weighted by molar-refractivity contribution is 0.242. The van der Waals surface area contributed by atoms with Gasteiger partial charge in [0.25, 0.3) is 0 Å². The number of hydrogen-bond acceptors (Lipinski definition) is 5. The highest BCUT2D eigenvalue weighted by Crippen LogP contribution is 2.35. The molecule has 0 amide bonds. The minimum atomic E-state index is -3.46. The molecule has 1 saturated heterocycles. The summed E-state index contributed by atoms with van der Waals surface area (Å²) in [5.41, 5.74) is 1.73. The lowest BCUT2D eigenvalue weighted by atomic mass is 10.2. The predicted octanol–water partition coefficient (Wildman–Crippen LogP) is 3.71. The molecule has 0 bridgehead atoms. The summed E-state index contributed by atoms with van der Waals surface area (Å²) in [6.07, 6.45) is 2.37. The summed E-state index contributed by atoms with van der Waals surface area (Å²) in [5.74, 6) is 1.00. The molecule has 4 rings (SSSR count). The van der Waals surface area contributed by atoms with Crippen LogP contribution in [0.2, 0.25) is 0 Å². The summed E-state index contributed by atoms with van der Waals surface area (Å²) in [6.45, 7) is 4.76. The Bertz CT molecular complexity index is 1070.